The predicted octanol–water partition coefficient (Wildman–Crippen LogP) is 3.37. The molecule has 20 heavy (non-hydrogen) atoms. The number of hydrogen-bond acceptors (Lipinski definition) is 2. The van der Waals surface area contributed by atoms with Crippen LogP contribution in [0.4, 0.5) is 0 Å². The summed E-state index contributed by atoms with van der Waals surface area (Å²) < 4.78 is 0. The third kappa shape index (κ3) is 2.18. The first-order valence-electron chi connectivity index (χ1n) is 6.49. The third-order valence-corrected chi connectivity index (χ3v) is 3.65. The lowest BCUT2D eigenvalue weighted by atomic mass is 10.1. The van der Waals surface area contributed by atoms with Gasteiger partial charge in [-0.1, -0.05) is 43.0 Å². The van der Waals surface area contributed by atoms with Crippen LogP contribution in [0.1, 0.15) is 27.0 Å². The maximum absolute atomic E-state index is 10.8. The van der Waals surface area contributed by atoms with E-state index in [1.165, 1.54) is 11.1 Å². The first-order valence-corrected chi connectivity index (χ1v) is 6.49. The van der Waals surface area contributed by atoms with Crippen LogP contribution in [0, 0.1) is 0 Å². The highest BCUT2D eigenvalue weighted by molar-refractivity contribution is 5.87. The van der Waals surface area contributed by atoms with E-state index < -0.39 is 5.97 Å². The Morgan fingerprint density at radius 3 is 2.50 bits per heavy atom. The van der Waals surface area contributed by atoms with Gasteiger partial charge in [-0.3, -0.25) is 0 Å². The standard InChI is InChI=1S/C17H15NO2/c1-12-16-5-3-2-4-15(16)11-18(12)10-13-6-8-14(9-7-13)17(19)20/h2-9H,1,10-11H2,(H,19,20). The van der Waals surface area contributed by atoms with Gasteiger partial charge in [0.15, 0.2) is 0 Å². The van der Waals surface area contributed by atoms with E-state index in [1.54, 1.807) is 12.1 Å². The number of aromatic carboxylic acids is 1. The van der Waals surface area contributed by atoms with Crippen LogP contribution in [0.15, 0.2) is 55.1 Å². The predicted molar refractivity (Wildman–Crippen MR) is 78.1 cm³/mol. The fourth-order valence-electron chi connectivity index (χ4n) is 2.54. The average molecular weight is 265 g/mol. The van der Waals surface area contributed by atoms with Crippen LogP contribution < -0.4 is 0 Å². The largest absolute Gasteiger partial charge is 0.478 e. The Morgan fingerprint density at radius 2 is 1.85 bits per heavy atom. The summed E-state index contributed by atoms with van der Waals surface area (Å²) in [6, 6.07) is 15.3. The van der Waals surface area contributed by atoms with E-state index in [0.717, 1.165) is 24.4 Å². The van der Waals surface area contributed by atoms with Crippen LogP contribution in [0.2, 0.25) is 0 Å². The summed E-state index contributed by atoms with van der Waals surface area (Å²) in [4.78, 5) is 13.0. The molecule has 100 valence electrons. The van der Waals surface area contributed by atoms with Gasteiger partial charge in [-0.2, -0.15) is 0 Å². The molecule has 3 heteroatoms. The number of carboxylic acids is 1. The van der Waals surface area contributed by atoms with Gasteiger partial charge in [-0.25, -0.2) is 4.79 Å². The molecule has 0 aromatic heterocycles. The molecular formula is C17H15NO2. The number of nitrogens with zero attached hydrogens (tertiary/aromatic N) is 1. The first-order chi connectivity index (χ1) is 9.65. The fraction of sp³-hybridized carbons (Fsp3) is 0.118. The molecule has 0 atom stereocenters. The smallest absolute Gasteiger partial charge is 0.335 e. The first kappa shape index (κ1) is 12.5. The van der Waals surface area contributed by atoms with Gasteiger partial charge in [-0.05, 0) is 23.3 Å². The number of benzene rings is 2. The number of carbonyl (C=O) groups is 1. The molecular weight excluding hydrogens is 250 g/mol. The van der Waals surface area contributed by atoms with Crippen molar-refractivity contribution < 1.29 is 9.90 Å². The van der Waals surface area contributed by atoms with Crippen molar-refractivity contribution in [1.29, 1.82) is 0 Å². The normalized spacial score (nSPS) is 13.4. The summed E-state index contributed by atoms with van der Waals surface area (Å²) in [5, 5.41) is 8.90. The van der Waals surface area contributed by atoms with Crippen molar-refractivity contribution in [2.24, 2.45) is 0 Å². The van der Waals surface area contributed by atoms with E-state index in [0.29, 0.717) is 5.56 Å². The second-order valence-electron chi connectivity index (χ2n) is 4.96. The van der Waals surface area contributed by atoms with Gasteiger partial charge in [0.25, 0.3) is 0 Å². The SMILES string of the molecule is C=C1c2ccccc2CN1Cc1ccc(C(=O)O)cc1. The Bertz CT molecular complexity index is 674. The van der Waals surface area contributed by atoms with Gasteiger partial charge >= 0.3 is 5.97 Å². The van der Waals surface area contributed by atoms with Gasteiger partial charge in [-0.15, -0.1) is 0 Å². The summed E-state index contributed by atoms with van der Waals surface area (Å²) in [6.07, 6.45) is 0. The molecule has 0 bridgehead atoms. The van der Waals surface area contributed by atoms with E-state index in [2.05, 4.69) is 23.6 Å². The van der Waals surface area contributed by atoms with Gasteiger partial charge in [0.05, 0.1) is 5.56 Å². The van der Waals surface area contributed by atoms with Gasteiger partial charge < -0.3 is 10.0 Å². The third-order valence-electron chi connectivity index (χ3n) is 3.65. The Balaban J connectivity index is 1.77. The molecule has 0 aliphatic carbocycles. The summed E-state index contributed by atoms with van der Waals surface area (Å²) in [7, 11) is 0. The van der Waals surface area contributed by atoms with Crippen LogP contribution >= 0.6 is 0 Å². The van der Waals surface area contributed by atoms with Crippen LogP contribution in [0.3, 0.4) is 0 Å². The summed E-state index contributed by atoms with van der Waals surface area (Å²) in [5.74, 6) is -0.894. The highest BCUT2D eigenvalue weighted by Gasteiger charge is 2.21. The highest BCUT2D eigenvalue weighted by Crippen LogP contribution is 2.32. The summed E-state index contributed by atoms with van der Waals surface area (Å²) >= 11 is 0. The molecule has 3 nitrogen and oxygen atoms in total. The zero-order valence-electron chi connectivity index (χ0n) is 11.0. The zero-order chi connectivity index (χ0) is 14.1. The summed E-state index contributed by atoms with van der Waals surface area (Å²) in [5.41, 5.74) is 4.93. The Labute approximate surface area is 117 Å². The molecule has 1 N–H and O–H groups in total. The molecule has 2 aromatic rings. The molecule has 0 unspecified atom stereocenters. The molecule has 3 rings (SSSR count). The topological polar surface area (TPSA) is 40.5 Å². The number of fused-ring (bicyclic) bond motifs is 1. The molecule has 0 saturated heterocycles. The maximum Gasteiger partial charge on any atom is 0.335 e. The van der Waals surface area contributed by atoms with Gasteiger partial charge in [0.1, 0.15) is 0 Å². The minimum Gasteiger partial charge on any atom is -0.478 e. The van der Waals surface area contributed by atoms with Gasteiger partial charge in [0.2, 0.25) is 0 Å². The van der Waals surface area contributed by atoms with Crippen molar-refractivity contribution in [2.45, 2.75) is 13.1 Å². The lowest BCUT2D eigenvalue weighted by Gasteiger charge is -2.19. The molecule has 1 heterocycles. The summed E-state index contributed by atoms with van der Waals surface area (Å²) in [6.45, 7) is 5.75. The van der Waals surface area contributed by atoms with E-state index in [-0.39, 0.29) is 0 Å². The molecule has 1 aliphatic rings. The second-order valence-corrected chi connectivity index (χ2v) is 4.96. The lowest BCUT2D eigenvalue weighted by molar-refractivity contribution is 0.0697. The van der Waals surface area contributed by atoms with Gasteiger partial charge in [0, 0.05) is 24.4 Å². The van der Waals surface area contributed by atoms with Crippen molar-refractivity contribution in [3.05, 3.63) is 77.4 Å². The molecule has 0 radical (unpaired) electrons. The van der Waals surface area contributed by atoms with Crippen molar-refractivity contribution >= 4 is 11.7 Å². The Kier molecular flexibility index (Phi) is 3.03. The monoisotopic (exact) mass is 265 g/mol. The van der Waals surface area contributed by atoms with Crippen molar-refractivity contribution in [3.8, 4) is 0 Å². The van der Waals surface area contributed by atoms with E-state index >= 15 is 0 Å². The number of carboxylic acid groups (broad SMARTS) is 1. The van der Waals surface area contributed by atoms with E-state index in [9.17, 15) is 4.79 Å². The average Bonchev–Trinajstić information content (AvgIpc) is 2.77. The quantitative estimate of drug-likeness (QED) is 0.925. The Morgan fingerprint density at radius 1 is 1.15 bits per heavy atom. The minimum absolute atomic E-state index is 0.317. The van der Waals surface area contributed by atoms with E-state index in [4.69, 9.17) is 5.11 Å². The zero-order valence-corrected chi connectivity index (χ0v) is 11.0. The van der Waals surface area contributed by atoms with E-state index in [1.807, 2.05) is 24.3 Å². The van der Waals surface area contributed by atoms with Crippen molar-refractivity contribution in [1.82, 2.24) is 4.90 Å². The molecule has 0 saturated carbocycles. The molecule has 0 fully saturated rings. The maximum atomic E-state index is 10.8. The fourth-order valence-corrected chi connectivity index (χ4v) is 2.54. The number of hydrogen-bond donors (Lipinski definition) is 1. The second kappa shape index (κ2) is 4.85. The van der Waals surface area contributed by atoms with Crippen molar-refractivity contribution in [3.63, 3.8) is 0 Å². The molecule has 1 aliphatic heterocycles. The molecule has 2 aromatic carbocycles. The lowest BCUT2D eigenvalue weighted by Crippen LogP contribution is -2.14. The minimum atomic E-state index is -0.894. The van der Waals surface area contributed by atoms with Crippen LogP contribution in [-0.2, 0) is 13.1 Å². The van der Waals surface area contributed by atoms with Crippen LogP contribution in [0.5, 0.6) is 0 Å². The van der Waals surface area contributed by atoms with Crippen LogP contribution in [-0.4, -0.2) is 16.0 Å². The number of rotatable bonds is 3. The Hall–Kier alpha value is -2.55. The van der Waals surface area contributed by atoms with Crippen LogP contribution in [0.25, 0.3) is 5.70 Å². The molecule has 0 amide bonds. The van der Waals surface area contributed by atoms with Crippen molar-refractivity contribution in [2.75, 3.05) is 0 Å². The highest BCUT2D eigenvalue weighted by atomic mass is 16.4. The molecule has 0 spiro atoms.